The fourth-order valence-electron chi connectivity index (χ4n) is 4.18. The van der Waals surface area contributed by atoms with E-state index in [-0.39, 0.29) is 57.6 Å². The molecule has 0 fully saturated rings. The van der Waals surface area contributed by atoms with Crippen molar-refractivity contribution in [3.8, 4) is 0 Å². The van der Waals surface area contributed by atoms with Crippen LogP contribution in [0.15, 0.2) is 81.1 Å². The summed E-state index contributed by atoms with van der Waals surface area (Å²) in [7, 11) is 2.21. The highest BCUT2D eigenvalue weighted by Crippen LogP contribution is 2.25. The van der Waals surface area contributed by atoms with E-state index in [1.165, 1.54) is 42.5 Å². The summed E-state index contributed by atoms with van der Waals surface area (Å²) in [6, 6.07) is 8.80. The van der Waals surface area contributed by atoms with Gasteiger partial charge in [-0.2, -0.15) is 20.5 Å². The number of nitrogens with one attached hydrogen (secondary N) is 2. The highest BCUT2D eigenvalue weighted by atomic mass is 16.5. The van der Waals surface area contributed by atoms with Gasteiger partial charge in [-0.1, -0.05) is 0 Å². The molecule has 18 nitrogen and oxygen atoms in total. The number of ether oxygens (including phenoxy) is 2. The van der Waals surface area contributed by atoms with E-state index in [0.29, 0.717) is 0 Å². The third kappa shape index (κ3) is 9.91. The molecular weight excluding hydrogens is 684 g/mol. The number of carbonyl (C=O) groups is 10. The summed E-state index contributed by atoms with van der Waals surface area (Å²) in [6.45, 7) is 2.12. The van der Waals surface area contributed by atoms with Gasteiger partial charge in [0.2, 0.25) is 23.7 Å². The predicted molar refractivity (Wildman–Crippen MR) is 178 cm³/mol. The van der Waals surface area contributed by atoms with Crippen LogP contribution >= 0.6 is 0 Å². The van der Waals surface area contributed by atoms with Crippen molar-refractivity contribution >= 4 is 82.2 Å². The summed E-state index contributed by atoms with van der Waals surface area (Å²) >= 11 is 0. The molecule has 0 aliphatic carbocycles. The number of nitrogens with zero attached hydrogens (tertiary/aromatic N) is 4. The molecule has 0 spiro atoms. The topological polar surface area (TPSA) is 263 Å². The van der Waals surface area contributed by atoms with Gasteiger partial charge in [-0.05, 0) is 74.5 Å². The van der Waals surface area contributed by atoms with Crippen LogP contribution in [0.4, 0.5) is 22.7 Å². The smallest absolute Gasteiger partial charge is 0.340 e. The van der Waals surface area contributed by atoms with E-state index >= 15 is 0 Å². The van der Waals surface area contributed by atoms with Crippen molar-refractivity contribution in [3.05, 3.63) is 82.9 Å². The van der Waals surface area contributed by atoms with E-state index in [1.54, 1.807) is 0 Å². The van der Waals surface area contributed by atoms with Crippen LogP contribution in [0, 0.1) is 0 Å². The van der Waals surface area contributed by atoms with Crippen molar-refractivity contribution in [2.45, 2.75) is 25.9 Å². The highest BCUT2D eigenvalue weighted by Gasteiger charge is 2.26. The first kappa shape index (κ1) is 39.2. The molecule has 266 valence electrons. The zero-order valence-corrected chi connectivity index (χ0v) is 27.8. The molecule has 0 heterocycles. The van der Waals surface area contributed by atoms with Gasteiger partial charge in [0.1, 0.15) is 5.69 Å². The molecule has 0 saturated carbocycles. The number of hydrogen-bond donors (Lipinski definition) is 2. The minimum atomic E-state index is -1.72. The molecule has 0 radical (unpaired) electrons. The van der Waals surface area contributed by atoms with E-state index in [4.69, 9.17) is 0 Å². The van der Waals surface area contributed by atoms with E-state index in [1.807, 2.05) is 0 Å². The van der Waals surface area contributed by atoms with Crippen LogP contribution in [0.1, 0.15) is 55.3 Å². The average molecular weight is 713 g/mol. The Morgan fingerprint density at radius 1 is 0.577 bits per heavy atom. The Bertz CT molecular complexity index is 2040. The Labute approximate surface area is 293 Å². The number of ketones is 4. The van der Waals surface area contributed by atoms with Crippen LogP contribution in [0.5, 0.6) is 0 Å². The van der Waals surface area contributed by atoms with Crippen molar-refractivity contribution in [1.29, 1.82) is 0 Å². The molecule has 2 unspecified atom stereocenters. The molecule has 0 aliphatic rings. The molecular formula is C34H28N6O12. The van der Waals surface area contributed by atoms with Crippen LogP contribution in [0.25, 0.3) is 0 Å². The van der Waals surface area contributed by atoms with Gasteiger partial charge in [0.25, 0.3) is 11.8 Å². The molecule has 0 aliphatic heterocycles. The number of aldehydes is 2. The van der Waals surface area contributed by atoms with Crippen LogP contribution in [0.3, 0.4) is 0 Å². The lowest BCUT2D eigenvalue weighted by Crippen LogP contribution is -2.32. The summed E-state index contributed by atoms with van der Waals surface area (Å²) < 4.78 is 9.30. The Morgan fingerprint density at radius 2 is 1.00 bits per heavy atom. The number of methoxy groups -OCH3 is 2. The number of azo groups is 2. The molecule has 2 N–H and O–H groups in total. The maximum Gasteiger partial charge on any atom is 0.340 e. The molecule has 18 heteroatoms. The number of carbonyl (C=O) groups excluding carboxylic acids is 10. The number of esters is 2. The van der Waals surface area contributed by atoms with Gasteiger partial charge >= 0.3 is 11.9 Å². The highest BCUT2D eigenvalue weighted by molar-refractivity contribution is 6.35. The second kappa shape index (κ2) is 18.0. The molecule has 0 bridgehead atoms. The van der Waals surface area contributed by atoms with E-state index < -0.39 is 59.0 Å². The zero-order valence-electron chi connectivity index (χ0n) is 27.8. The third-order valence-electron chi connectivity index (χ3n) is 6.83. The minimum absolute atomic E-state index is 0.0156. The standard InChI is InChI=1S/C34H28N6O12/c1-17(43)29(39-37-25-14-20(33(49)51-3)6-11-23(25)28(46)16-42)31(47)35-21-7-9-22(10-8-21)36-32(48)30(18(2)44)40-38-26-13-19(27(45)15-41)5-12-24(26)34(50)52-4/h5-16,29-30H,1-4H3,(H,35,47)(H,36,48). The van der Waals surface area contributed by atoms with Gasteiger partial charge in [0, 0.05) is 16.9 Å². The van der Waals surface area contributed by atoms with Crippen molar-refractivity contribution < 1.29 is 57.4 Å². The summed E-state index contributed by atoms with van der Waals surface area (Å²) in [5.74, 6) is -6.93. The molecule has 0 aromatic heterocycles. The van der Waals surface area contributed by atoms with Crippen molar-refractivity contribution in [1.82, 2.24) is 0 Å². The van der Waals surface area contributed by atoms with Crippen molar-refractivity contribution in [3.63, 3.8) is 0 Å². The number of amides is 2. The quantitative estimate of drug-likeness (QED) is 0.0541. The van der Waals surface area contributed by atoms with Crippen LogP contribution in [0.2, 0.25) is 0 Å². The monoisotopic (exact) mass is 712 g/mol. The fraction of sp³-hybridized carbons (Fsp3) is 0.176. The average Bonchev–Trinajstić information content (AvgIpc) is 3.13. The molecule has 0 saturated heterocycles. The SMILES string of the molecule is COC(=O)c1ccc(C(=O)C=O)c(N=NC(C(C)=O)C(=O)Nc2ccc(NC(=O)C(N=Nc3cc(C(=O)C=O)ccc3C(=O)OC)C(C)=O)cc2)c1. The summed E-state index contributed by atoms with van der Waals surface area (Å²) in [5, 5.41) is 20.0. The zero-order chi connectivity index (χ0) is 38.5. The van der Waals surface area contributed by atoms with E-state index in [0.717, 1.165) is 46.3 Å². The van der Waals surface area contributed by atoms with Crippen LogP contribution in [-0.2, 0) is 38.2 Å². The normalized spacial score (nSPS) is 11.9. The van der Waals surface area contributed by atoms with Gasteiger partial charge in [-0.3, -0.25) is 38.4 Å². The van der Waals surface area contributed by atoms with Crippen LogP contribution in [-0.4, -0.2) is 85.8 Å². The summed E-state index contributed by atoms with van der Waals surface area (Å²) in [4.78, 5) is 121. The predicted octanol–water partition coefficient (Wildman–Crippen LogP) is 3.38. The maximum atomic E-state index is 13.0. The molecule has 3 aromatic rings. The van der Waals surface area contributed by atoms with Crippen molar-refractivity contribution in [2.24, 2.45) is 20.5 Å². The van der Waals surface area contributed by atoms with Gasteiger partial charge < -0.3 is 20.1 Å². The number of Topliss-reactive ketones (excluding diaryl/α,β-unsaturated/α-hetero) is 4. The summed E-state index contributed by atoms with van der Waals surface area (Å²) in [5.41, 5.74) is -0.815. The number of rotatable bonds is 16. The second-order valence-electron chi connectivity index (χ2n) is 10.4. The van der Waals surface area contributed by atoms with Gasteiger partial charge in [-0.15, -0.1) is 0 Å². The maximum absolute atomic E-state index is 13.0. The lowest BCUT2D eigenvalue weighted by atomic mass is 10.1. The molecule has 2 amide bonds. The Kier molecular flexibility index (Phi) is 13.5. The van der Waals surface area contributed by atoms with E-state index in [9.17, 15) is 47.9 Å². The van der Waals surface area contributed by atoms with Gasteiger partial charge in [0.15, 0.2) is 24.1 Å². The summed E-state index contributed by atoms with van der Waals surface area (Å²) in [6.07, 6.45) is 0.0678. The third-order valence-corrected chi connectivity index (χ3v) is 6.83. The fourth-order valence-corrected chi connectivity index (χ4v) is 4.18. The Morgan fingerprint density at radius 3 is 1.44 bits per heavy atom. The van der Waals surface area contributed by atoms with Crippen LogP contribution < -0.4 is 10.6 Å². The Hall–Kier alpha value is -7.24. The van der Waals surface area contributed by atoms with Crippen molar-refractivity contribution in [2.75, 3.05) is 24.9 Å². The first-order chi connectivity index (χ1) is 24.7. The second-order valence-corrected chi connectivity index (χ2v) is 10.4. The number of anilines is 2. The first-order valence-electron chi connectivity index (χ1n) is 14.7. The Balaban J connectivity index is 1.78. The molecule has 52 heavy (non-hydrogen) atoms. The lowest BCUT2D eigenvalue weighted by molar-refractivity contribution is -0.127. The van der Waals surface area contributed by atoms with E-state index in [2.05, 4.69) is 40.6 Å². The van der Waals surface area contributed by atoms with Gasteiger partial charge in [-0.25, -0.2) is 9.59 Å². The lowest BCUT2D eigenvalue weighted by Gasteiger charge is -2.12. The molecule has 3 rings (SSSR count). The largest absolute Gasteiger partial charge is 0.465 e. The minimum Gasteiger partial charge on any atom is -0.465 e. The first-order valence-corrected chi connectivity index (χ1v) is 14.7. The number of benzene rings is 3. The molecule has 3 aromatic carbocycles. The van der Waals surface area contributed by atoms with Gasteiger partial charge in [0.05, 0.1) is 36.6 Å². The molecule has 2 atom stereocenters. The number of hydrogen-bond acceptors (Lipinski definition) is 16.